The Morgan fingerprint density at radius 2 is 1.17 bits per heavy atom. The third-order valence-electron chi connectivity index (χ3n) is 9.20. The van der Waals surface area contributed by atoms with Crippen molar-refractivity contribution < 1.29 is 31.5 Å². The Bertz CT molecular complexity index is 1840. The van der Waals surface area contributed by atoms with E-state index in [2.05, 4.69) is 17.0 Å². The number of Topliss-reactive ketones (excluding diaryl/α,β-unsaturated/α-hetero) is 1. The van der Waals surface area contributed by atoms with E-state index in [1.807, 2.05) is 0 Å². The smallest absolute Gasteiger partial charge is 0.239 e. The van der Waals surface area contributed by atoms with Gasteiger partial charge in [-0.05, 0) is 66.6 Å². The number of carbonyl (C=O) groups excluding carboxylic acids is 2. The molecule has 0 heterocycles. The van der Waals surface area contributed by atoms with Gasteiger partial charge in [0.25, 0.3) is 0 Å². The molecule has 53 heavy (non-hydrogen) atoms. The number of nitrogens with one attached hydrogen (secondary N) is 2. The van der Waals surface area contributed by atoms with Crippen LogP contribution in [0, 0.1) is 5.41 Å². The number of phenolic OH excluding ortho intramolecular Hbond substituents is 1. The van der Waals surface area contributed by atoms with Crippen LogP contribution in [0.3, 0.4) is 0 Å². The number of sulfone groups is 1. The summed E-state index contributed by atoms with van der Waals surface area (Å²) in [5.74, 6) is -2.54. The molecule has 0 radical (unpaired) electrons. The van der Waals surface area contributed by atoms with Gasteiger partial charge in [-0.2, -0.15) is 0 Å². The molecule has 3 rings (SSSR count). The zero-order chi connectivity index (χ0) is 39.1. The van der Waals surface area contributed by atoms with Crippen molar-refractivity contribution in [3.8, 4) is 5.75 Å². The molecule has 0 aromatic heterocycles. The van der Waals surface area contributed by atoms with E-state index in [-0.39, 0.29) is 43.3 Å². The number of sulfonamides is 1. The van der Waals surface area contributed by atoms with Crippen molar-refractivity contribution in [3.63, 3.8) is 0 Å². The van der Waals surface area contributed by atoms with Crippen LogP contribution in [-0.2, 0) is 29.4 Å². The van der Waals surface area contributed by atoms with Gasteiger partial charge in [0.15, 0.2) is 5.78 Å². The second kappa shape index (κ2) is 20.9. The SMILES string of the molecule is CCCCCCCCCCCCCCCCS(=O)(=O)Nc1ccc(Cl)c(NC(=O)C(C(=O)C(C)(C)C)c2ccc(S(=O)(=O)c3ccc(O)cc3)cc2)c1. The van der Waals surface area contributed by atoms with Crippen molar-refractivity contribution in [3.05, 3.63) is 77.3 Å². The Balaban J connectivity index is 1.58. The minimum Gasteiger partial charge on any atom is -0.508 e. The highest BCUT2D eigenvalue weighted by Gasteiger charge is 2.36. The number of benzene rings is 3. The van der Waals surface area contributed by atoms with Gasteiger partial charge in [-0.25, -0.2) is 16.8 Å². The van der Waals surface area contributed by atoms with Gasteiger partial charge < -0.3 is 10.4 Å². The van der Waals surface area contributed by atoms with Gasteiger partial charge in [0.2, 0.25) is 25.8 Å². The Kier molecular flexibility index (Phi) is 17.3. The van der Waals surface area contributed by atoms with E-state index in [0.29, 0.717) is 6.42 Å². The molecule has 0 saturated carbocycles. The molecule has 0 aliphatic carbocycles. The third-order valence-corrected chi connectivity index (χ3v) is 12.7. The number of amides is 1. The number of phenols is 1. The van der Waals surface area contributed by atoms with Crippen LogP contribution in [0.5, 0.6) is 5.75 Å². The van der Waals surface area contributed by atoms with Gasteiger partial charge >= 0.3 is 0 Å². The van der Waals surface area contributed by atoms with Crippen LogP contribution in [0.25, 0.3) is 0 Å². The molecular weight excluding hydrogens is 732 g/mol. The summed E-state index contributed by atoms with van der Waals surface area (Å²) in [6, 6.07) is 15.0. The predicted molar refractivity (Wildman–Crippen MR) is 215 cm³/mol. The summed E-state index contributed by atoms with van der Waals surface area (Å²) in [5, 5.41) is 12.4. The Morgan fingerprint density at radius 1 is 0.698 bits per heavy atom. The summed E-state index contributed by atoms with van der Waals surface area (Å²) in [4.78, 5) is 27.3. The second-order valence-corrected chi connectivity index (χ2v) is 19.0. The zero-order valence-corrected chi connectivity index (χ0v) is 34.0. The van der Waals surface area contributed by atoms with Crippen molar-refractivity contribution in [1.29, 1.82) is 0 Å². The average molecular weight is 790 g/mol. The summed E-state index contributed by atoms with van der Waals surface area (Å²) < 4.78 is 54.7. The molecule has 0 saturated heterocycles. The van der Waals surface area contributed by atoms with Crippen molar-refractivity contribution in [2.45, 2.75) is 133 Å². The lowest BCUT2D eigenvalue weighted by Crippen LogP contribution is -2.35. The van der Waals surface area contributed by atoms with E-state index in [9.17, 15) is 31.5 Å². The van der Waals surface area contributed by atoms with Crippen LogP contribution in [0.15, 0.2) is 76.5 Å². The largest absolute Gasteiger partial charge is 0.508 e. The molecule has 1 unspecified atom stereocenters. The van der Waals surface area contributed by atoms with E-state index in [0.717, 1.165) is 19.3 Å². The fraction of sp³-hybridized carbons (Fsp3) is 0.512. The number of hydrogen-bond acceptors (Lipinski definition) is 7. The van der Waals surface area contributed by atoms with Crippen molar-refractivity contribution >= 4 is 54.5 Å². The topological polar surface area (TPSA) is 147 Å². The number of hydrogen-bond donors (Lipinski definition) is 3. The van der Waals surface area contributed by atoms with Gasteiger partial charge in [-0.1, -0.05) is 135 Å². The normalized spacial score (nSPS) is 12.7. The highest BCUT2D eigenvalue weighted by molar-refractivity contribution is 7.92. The molecule has 0 fully saturated rings. The van der Waals surface area contributed by atoms with Gasteiger partial charge in [-0.3, -0.25) is 14.3 Å². The fourth-order valence-electron chi connectivity index (χ4n) is 6.06. The van der Waals surface area contributed by atoms with Gasteiger partial charge in [-0.15, -0.1) is 0 Å². The lowest BCUT2D eigenvalue weighted by atomic mass is 9.79. The first-order valence-electron chi connectivity index (χ1n) is 18.8. The Hall–Kier alpha value is -3.41. The van der Waals surface area contributed by atoms with E-state index in [1.54, 1.807) is 20.8 Å². The van der Waals surface area contributed by atoms with Crippen LogP contribution in [0.2, 0.25) is 5.02 Å². The molecule has 0 spiro atoms. The number of ketones is 1. The highest BCUT2D eigenvalue weighted by atomic mass is 35.5. The first kappa shape index (κ1) is 44.0. The lowest BCUT2D eigenvalue weighted by Gasteiger charge is -2.25. The second-order valence-electron chi connectivity index (χ2n) is 14.8. The molecule has 3 aromatic rings. The number of halogens is 1. The molecule has 9 nitrogen and oxygen atoms in total. The monoisotopic (exact) mass is 788 g/mol. The summed E-state index contributed by atoms with van der Waals surface area (Å²) in [6.07, 6.45) is 16.4. The molecule has 1 amide bonds. The molecular formula is C41H57ClN2O7S2. The molecule has 0 bridgehead atoms. The number of rotatable bonds is 23. The van der Waals surface area contributed by atoms with Crippen molar-refractivity contribution in [2.75, 3.05) is 15.8 Å². The van der Waals surface area contributed by atoms with Crippen LogP contribution >= 0.6 is 11.6 Å². The highest BCUT2D eigenvalue weighted by Crippen LogP contribution is 2.33. The zero-order valence-electron chi connectivity index (χ0n) is 31.6. The van der Waals surface area contributed by atoms with E-state index in [1.165, 1.54) is 131 Å². The van der Waals surface area contributed by atoms with E-state index in [4.69, 9.17) is 11.6 Å². The fourth-order valence-corrected chi connectivity index (χ4v) is 8.66. The number of aromatic hydroxyl groups is 1. The van der Waals surface area contributed by atoms with Crippen LogP contribution in [-0.4, -0.2) is 39.4 Å². The average Bonchev–Trinajstić information content (AvgIpc) is 3.10. The summed E-state index contributed by atoms with van der Waals surface area (Å²) in [5.41, 5.74) is -0.329. The predicted octanol–water partition coefficient (Wildman–Crippen LogP) is 10.4. The summed E-state index contributed by atoms with van der Waals surface area (Å²) >= 11 is 6.41. The minimum absolute atomic E-state index is 0.0205. The van der Waals surface area contributed by atoms with Crippen molar-refractivity contribution in [1.82, 2.24) is 0 Å². The van der Waals surface area contributed by atoms with Gasteiger partial charge in [0.05, 0.1) is 31.9 Å². The molecule has 292 valence electrons. The molecule has 12 heteroatoms. The summed E-state index contributed by atoms with van der Waals surface area (Å²) in [7, 11) is -7.59. The van der Waals surface area contributed by atoms with E-state index >= 15 is 0 Å². The number of carbonyl (C=O) groups is 2. The lowest BCUT2D eigenvalue weighted by molar-refractivity contribution is -0.132. The van der Waals surface area contributed by atoms with E-state index < -0.39 is 42.9 Å². The Morgan fingerprint density at radius 3 is 1.66 bits per heavy atom. The minimum atomic E-state index is -3.93. The molecule has 0 aliphatic heterocycles. The Labute approximate surface area is 322 Å². The number of anilines is 2. The van der Waals surface area contributed by atoms with Crippen LogP contribution in [0.4, 0.5) is 11.4 Å². The van der Waals surface area contributed by atoms with Crippen LogP contribution < -0.4 is 10.0 Å². The molecule has 3 aromatic carbocycles. The maximum Gasteiger partial charge on any atom is 0.239 e. The number of unbranched alkanes of at least 4 members (excludes halogenated alkanes) is 13. The van der Waals surface area contributed by atoms with Crippen molar-refractivity contribution in [2.24, 2.45) is 5.41 Å². The standard InChI is InChI=1S/C41H57ClN2O7S2/c1-5-6-7-8-9-10-11-12-13-14-15-16-17-18-29-52(48,49)44-32-21-28-36(42)37(30-32)43-40(47)38(39(46)41(2,3)4)31-19-24-34(25-20-31)53(50,51)35-26-22-33(45)23-27-35/h19-28,30,38,44-45H,5-18,29H2,1-4H3,(H,43,47). The maximum atomic E-state index is 13.8. The maximum absolute atomic E-state index is 13.8. The third kappa shape index (κ3) is 14.4. The quantitative estimate of drug-likeness (QED) is 0.0640. The molecule has 0 aliphatic rings. The summed E-state index contributed by atoms with van der Waals surface area (Å²) in [6.45, 7) is 7.28. The van der Waals surface area contributed by atoms with Gasteiger partial charge in [0.1, 0.15) is 11.7 Å². The molecule has 3 N–H and O–H groups in total. The first-order chi connectivity index (χ1) is 25.0. The van der Waals surface area contributed by atoms with Gasteiger partial charge in [0, 0.05) is 5.41 Å². The molecule has 1 atom stereocenters. The first-order valence-corrected chi connectivity index (χ1v) is 22.4. The van der Waals surface area contributed by atoms with Crippen LogP contribution in [0.1, 0.15) is 129 Å².